The summed E-state index contributed by atoms with van der Waals surface area (Å²) in [6.07, 6.45) is 24.4. The van der Waals surface area contributed by atoms with Crippen molar-refractivity contribution in [1.82, 2.24) is 0 Å². The second-order valence-corrected chi connectivity index (χ2v) is 8.84. The quantitative estimate of drug-likeness (QED) is 0.239. The van der Waals surface area contributed by atoms with E-state index in [0.717, 1.165) is 0 Å². The summed E-state index contributed by atoms with van der Waals surface area (Å²) < 4.78 is 0. The van der Waals surface area contributed by atoms with Gasteiger partial charge in [-0.05, 0) is 55.9 Å². The zero-order chi connectivity index (χ0) is 19.7. The number of aryl methyl sites for hydroxylation is 2. The third-order valence-corrected chi connectivity index (χ3v) is 6.47. The molecule has 0 aromatic heterocycles. The molecule has 1 aromatic carbocycles. The summed E-state index contributed by atoms with van der Waals surface area (Å²) in [4.78, 5) is 0. The van der Waals surface area contributed by atoms with Crippen LogP contribution in [0.4, 0.5) is 0 Å². The number of hydrogen-bond donors (Lipinski definition) is 0. The summed E-state index contributed by atoms with van der Waals surface area (Å²) in [5.74, 6) is 0. The van der Waals surface area contributed by atoms with Gasteiger partial charge in [0.2, 0.25) is 0 Å². The van der Waals surface area contributed by atoms with E-state index in [1.165, 1.54) is 126 Å². The van der Waals surface area contributed by atoms with Crippen LogP contribution < -0.4 is 0 Å². The van der Waals surface area contributed by atoms with Gasteiger partial charge in [-0.15, -0.1) is 0 Å². The van der Waals surface area contributed by atoms with Crippen molar-refractivity contribution in [3.05, 3.63) is 34.4 Å². The molecule has 156 valence electrons. The molecule has 0 bridgehead atoms. The third kappa shape index (κ3) is 11.6. The largest absolute Gasteiger partial charge is 0.0654 e. The van der Waals surface area contributed by atoms with Crippen LogP contribution in [0.3, 0.4) is 0 Å². The van der Waals surface area contributed by atoms with Gasteiger partial charge < -0.3 is 0 Å². The van der Waals surface area contributed by atoms with E-state index in [9.17, 15) is 0 Å². The number of benzene rings is 1. The molecular weight excluding hydrogens is 324 g/mol. The van der Waals surface area contributed by atoms with Gasteiger partial charge >= 0.3 is 0 Å². The van der Waals surface area contributed by atoms with Gasteiger partial charge in [-0.2, -0.15) is 0 Å². The van der Waals surface area contributed by atoms with Crippen LogP contribution in [-0.4, -0.2) is 0 Å². The third-order valence-electron chi connectivity index (χ3n) is 6.47. The Kier molecular flexibility index (Phi) is 14.6. The van der Waals surface area contributed by atoms with E-state index in [-0.39, 0.29) is 0 Å². The predicted octanol–water partition coefficient (Wildman–Crippen LogP) is 9.42. The van der Waals surface area contributed by atoms with Gasteiger partial charge in [-0.25, -0.2) is 0 Å². The van der Waals surface area contributed by atoms with Gasteiger partial charge in [0.1, 0.15) is 0 Å². The van der Waals surface area contributed by atoms with Crippen molar-refractivity contribution in [2.45, 2.75) is 137 Å². The summed E-state index contributed by atoms with van der Waals surface area (Å²) in [7, 11) is 0. The summed E-state index contributed by atoms with van der Waals surface area (Å²) in [5.41, 5.74) is 6.02. The van der Waals surface area contributed by atoms with E-state index in [4.69, 9.17) is 0 Å². The van der Waals surface area contributed by atoms with E-state index in [1.807, 2.05) is 0 Å². The summed E-state index contributed by atoms with van der Waals surface area (Å²) in [6.45, 7) is 9.08. The molecule has 0 radical (unpaired) electrons. The second-order valence-electron chi connectivity index (χ2n) is 8.84. The Balaban J connectivity index is 1.85. The van der Waals surface area contributed by atoms with Gasteiger partial charge in [0.25, 0.3) is 0 Å². The lowest BCUT2D eigenvalue weighted by Gasteiger charge is -2.11. The molecule has 0 N–H and O–H groups in total. The topological polar surface area (TPSA) is 0 Å². The highest BCUT2D eigenvalue weighted by Crippen LogP contribution is 2.20. The molecule has 0 aliphatic heterocycles. The molecule has 0 aliphatic rings. The van der Waals surface area contributed by atoms with Crippen molar-refractivity contribution >= 4 is 0 Å². The Hall–Kier alpha value is -0.780. The first-order valence-corrected chi connectivity index (χ1v) is 12.2. The van der Waals surface area contributed by atoms with Crippen molar-refractivity contribution < 1.29 is 0 Å². The average molecular weight is 373 g/mol. The van der Waals surface area contributed by atoms with Gasteiger partial charge in [-0.3, -0.25) is 0 Å². The monoisotopic (exact) mass is 372 g/mol. The van der Waals surface area contributed by atoms with Crippen LogP contribution in [0, 0.1) is 20.8 Å². The minimum Gasteiger partial charge on any atom is -0.0654 e. The Bertz CT molecular complexity index is 471. The molecular formula is C27H48. The Morgan fingerprint density at radius 1 is 0.481 bits per heavy atom. The zero-order valence-electron chi connectivity index (χ0n) is 19.2. The van der Waals surface area contributed by atoms with Crippen molar-refractivity contribution in [3.63, 3.8) is 0 Å². The average Bonchev–Trinajstić information content (AvgIpc) is 2.67. The van der Waals surface area contributed by atoms with Crippen LogP contribution in [0.25, 0.3) is 0 Å². The fourth-order valence-corrected chi connectivity index (χ4v) is 4.15. The Morgan fingerprint density at radius 3 is 1.33 bits per heavy atom. The molecule has 0 amide bonds. The molecule has 27 heavy (non-hydrogen) atoms. The minimum atomic E-state index is 1.27. The first kappa shape index (κ1) is 24.3. The molecule has 0 nitrogen and oxygen atoms in total. The van der Waals surface area contributed by atoms with Crippen molar-refractivity contribution in [2.75, 3.05) is 0 Å². The van der Waals surface area contributed by atoms with Crippen molar-refractivity contribution in [2.24, 2.45) is 0 Å². The molecule has 0 saturated carbocycles. The fourth-order valence-electron chi connectivity index (χ4n) is 4.15. The molecule has 0 unspecified atom stereocenters. The molecule has 0 saturated heterocycles. The Morgan fingerprint density at radius 2 is 0.889 bits per heavy atom. The first-order valence-electron chi connectivity index (χ1n) is 12.2. The van der Waals surface area contributed by atoms with Gasteiger partial charge in [-0.1, -0.05) is 115 Å². The maximum absolute atomic E-state index is 2.35. The highest BCUT2D eigenvalue weighted by atomic mass is 14.1. The molecule has 0 heterocycles. The second kappa shape index (κ2) is 16.2. The molecule has 1 rings (SSSR count). The lowest BCUT2D eigenvalue weighted by Crippen LogP contribution is -1.95. The van der Waals surface area contributed by atoms with Crippen LogP contribution in [0.5, 0.6) is 0 Å². The molecule has 0 aliphatic carbocycles. The summed E-state index contributed by atoms with van der Waals surface area (Å²) >= 11 is 0. The van der Waals surface area contributed by atoms with E-state index in [0.29, 0.717) is 0 Å². The SMILES string of the molecule is CCCCCCCCCCCCCCCCCCc1ccc(C)c(C)c1C. The highest BCUT2D eigenvalue weighted by molar-refractivity contribution is 5.38. The number of hydrogen-bond acceptors (Lipinski definition) is 0. The standard InChI is InChI=1S/C27H48/c1-5-6-7-8-9-10-11-12-13-14-15-16-17-18-19-20-21-27-23-22-24(2)25(3)26(27)4/h22-23H,5-21H2,1-4H3. The lowest BCUT2D eigenvalue weighted by molar-refractivity contribution is 0.529. The normalized spacial score (nSPS) is 11.3. The molecule has 1 aromatic rings. The van der Waals surface area contributed by atoms with Crippen LogP contribution >= 0.6 is 0 Å². The summed E-state index contributed by atoms with van der Waals surface area (Å²) in [5, 5.41) is 0. The van der Waals surface area contributed by atoms with E-state index in [2.05, 4.69) is 39.8 Å². The Labute approximate surface area is 171 Å². The van der Waals surface area contributed by atoms with E-state index < -0.39 is 0 Å². The first-order chi connectivity index (χ1) is 13.2. The van der Waals surface area contributed by atoms with Gasteiger partial charge in [0.05, 0.1) is 0 Å². The van der Waals surface area contributed by atoms with Gasteiger partial charge in [0, 0.05) is 0 Å². The predicted molar refractivity (Wildman–Crippen MR) is 124 cm³/mol. The van der Waals surface area contributed by atoms with E-state index in [1.54, 1.807) is 5.56 Å². The van der Waals surface area contributed by atoms with E-state index >= 15 is 0 Å². The van der Waals surface area contributed by atoms with Crippen LogP contribution in [-0.2, 0) is 6.42 Å². The highest BCUT2D eigenvalue weighted by Gasteiger charge is 2.03. The molecule has 0 atom stereocenters. The van der Waals surface area contributed by atoms with Crippen LogP contribution in [0.2, 0.25) is 0 Å². The van der Waals surface area contributed by atoms with Gasteiger partial charge in [0.15, 0.2) is 0 Å². The smallest absolute Gasteiger partial charge is 0.0276 e. The van der Waals surface area contributed by atoms with Crippen molar-refractivity contribution in [1.29, 1.82) is 0 Å². The fraction of sp³-hybridized carbons (Fsp3) is 0.778. The van der Waals surface area contributed by atoms with Crippen LogP contribution in [0.1, 0.15) is 132 Å². The number of rotatable bonds is 17. The zero-order valence-corrected chi connectivity index (χ0v) is 19.2. The van der Waals surface area contributed by atoms with Crippen LogP contribution in [0.15, 0.2) is 12.1 Å². The lowest BCUT2D eigenvalue weighted by atomic mass is 9.95. The number of unbranched alkanes of at least 4 members (excludes halogenated alkanes) is 15. The molecule has 0 spiro atoms. The minimum absolute atomic E-state index is 1.27. The van der Waals surface area contributed by atoms with Crippen molar-refractivity contribution in [3.8, 4) is 0 Å². The maximum atomic E-state index is 2.35. The summed E-state index contributed by atoms with van der Waals surface area (Å²) in [6, 6.07) is 4.65. The maximum Gasteiger partial charge on any atom is -0.0276 e. The molecule has 0 fully saturated rings. The molecule has 0 heteroatoms.